The largest absolute Gasteiger partial charge is 0.496 e. The molecule has 7 nitrogen and oxygen atoms in total. The number of hydrogen-bond acceptors (Lipinski definition) is 5. The van der Waals surface area contributed by atoms with Gasteiger partial charge in [0.15, 0.2) is 0 Å². The summed E-state index contributed by atoms with van der Waals surface area (Å²) in [6.45, 7) is 8.00. The van der Waals surface area contributed by atoms with E-state index in [1.165, 1.54) is 0 Å². The van der Waals surface area contributed by atoms with Crippen LogP contribution in [0.2, 0.25) is 0 Å². The van der Waals surface area contributed by atoms with Crippen molar-refractivity contribution in [1.82, 2.24) is 10.2 Å². The lowest BCUT2D eigenvalue weighted by molar-refractivity contribution is -0.130. The van der Waals surface area contributed by atoms with Crippen molar-refractivity contribution in [3.8, 4) is 5.75 Å². The smallest absolute Gasteiger partial charge is 0.408 e. The van der Waals surface area contributed by atoms with E-state index in [2.05, 4.69) is 34.5 Å². The molecule has 0 radical (unpaired) electrons. The Hall–Kier alpha value is -2.96. The summed E-state index contributed by atoms with van der Waals surface area (Å²) in [5.74, 6) is 0.752. The lowest BCUT2D eigenvalue weighted by atomic mass is 10.1. The molecule has 29 heavy (non-hydrogen) atoms. The van der Waals surface area contributed by atoms with Gasteiger partial charge in [-0.2, -0.15) is 0 Å². The van der Waals surface area contributed by atoms with Gasteiger partial charge in [0, 0.05) is 37.3 Å². The first-order valence-electron chi connectivity index (χ1n) is 9.83. The zero-order chi connectivity index (χ0) is 21.0. The van der Waals surface area contributed by atoms with Gasteiger partial charge in [-0.15, -0.1) is 0 Å². The highest BCUT2D eigenvalue weighted by molar-refractivity contribution is 5.91. The number of benzene rings is 2. The quantitative estimate of drug-likeness (QED) is 0.856. The maximum Gasteiger partial charge on any atom is 0.408 e. The molecular formula is C22H29N3O4. The van der Waals surface area contributed by atoms with Crippen molar-refractivity contribution in [2.75, 3.05) is 44.7 Å². The summed E-state index contributed by atoms with van der Waals surface area (Å²) in [6.07, 6.45) is -0.574. The first-order chi connectivity index (χ1) is 13.8. The third-order valence-corrected chi connectivity index (χ3v) is 4.83. The standard InChI is InChI=1S/C22H29N3O4/c1-22(2,3)29-21(27)23-15-20(26)25-12-10-24(11-13-25)17-9-8-16-6-5-7-19(28-4)18(16)14-17/h5-9,14H,10-13,15H2,1-4H3,(H,23,27). The van der Waals surface area contributed by atoms with Crippen LogP contribution < -0.4 is 15.0 Å². The highest BCUT2D eigenvalue weighted by atomic mass is 16.6. The second-order valence-corrected chi connectivity index (χ2v) is 8.09. The molecule has 1 heterocycles. The van der Waals surface area contributed by atoms with Gasteiger partial charge in [0.05, 0.1) is 7.11 Å². The van der Waals surface area contributed by atoms with Crippen LogP contribution in [0, 0.1) is 0 Å². The van der Waals surface area contributed by atoms with E-state index < -0.39 is 11.7 Å². The molecule has 1 aliphatic rings. The molecule has 0 aliphatic carbocycles. The van der Waals surface area contributed by atoms with Gasteiger partial charge in [0.2, 0.25) is 5.91 Å². The molecule has 0 aromatic heterocycles. The fourth-order valence-corrected chi connectivity index (χ4v) is 3.39. The van der Waals surface area contributed by atoms with Crippen LogP contribution in [0.3, 0.4) is 0 Å². The van der Waals surface area contributed by atoms with Crippen LogP contribution in [0.15, 0.2) is 36.4 Å². The second kappa shape index (κ2) is 8.59. The van der Waals surface area contributed by atoms with Gasteiger partial charge in [-0.25, -0.2) is 4.79 Å². The molecule has 0 atom stereocenters. The minimum absolute atomic E-state index is 0.0535. The maximum absolute atomic E-state index is 12.4. The van der Waals surface area contributed by atoms with Gasteiger partial charge in [-0.1, -0.05) is 18.2 Å². The number of fused-ring (bicyclic) bond motifs is 1. The number of alkyl carbamates (subject to hydrolysis) is 1. The van der Waals surface area contributed by atoms with Crippen molar-refractivity contribution >= 4 is 28.5 Å². The highest BCUT2D eigenvalue weighted by Gasteiger charge is 2.23. The van der Waals surface area contributed by atoms with E-state index in [4.69, 9.17) is 9.47 Å². The van der Waals surface area contributed by atoms with Crippen molar-refractivity contribution in [3.05, 3.63) is 36.4 Å². The van der Waals surface area contributed by atoms with Gasteiger partial charge in [0.25, 0.3) is 0 Å². The Kier molecular flexibility index (Phi) is 6.15. The van der Waals surface area contributed by atoms with Crippen LogP contribution in [-0.4, -0.2) is 62.3 Å². The van der Waals surface area contributed by atoms with Crippen LogP contribution in [0.1, 0.15) is 20.8 Å². The predicted octanol–water partition coefficient (Wildman–Crippen LogP) is 3.02. The van der Waals surface area contributed by atoms with E-state index in [9.17, 15) is 9.59 Å². The summed E-state index contributed by atoms with van der Waals surface area (Å²) in [5.41, 5.74) is 0.530. The number of carbonyl (C=O) groups is 2. The SMILES string of the molecule is COc1cccc2ccc(N3CCN(C(=O)CNC(=O)OC(C)(C)C)CC3)cc12. The van der Waals surface area contributed by atoms with E-state index in [1.807, 2.05) is 12.1 Å². The number of nitrogens with zero attached hydrogens (tertiary/aromatic N) is 2. The number of piperazine rings is 1. The molecule has 3 rings (SSSR count). The minimum atomic E-state index is -0.582. The molecule has 156 valence electrons. The molecule has 1 N–H and O–H groups in total. The van der Waals surface area contributed by atoms with Crippen molar-refractivity contribution in [2.24, 2.45) is 0 Å². The number of anilines is 1. The molecule has 1 fully saturated rings. The topological polar surface area (TPSA) is 71.1 Å². The summed E-state index contributed by atoms with van der Waals surface area (Å²) >= 11 is 0. The number of nitrogens with one attached hydrogen (secondary N) is 1. The Bertz CT molecular complexity index is 883. The number of carbonyl (C=O) groups excluding carboxylic acids is 2. The summed E-state index contributed by atoms with van der Waals surface area (Å²) in [4.78, 5) is 28.1. The van der Waals surface area contributed by atoms with Crippen molar-refractivity contribution in [1.29, 1.82) is 0 Å². The zero-order valence-electron chi connectivity index (χ0n) is 17.5. The lowest BCUT2D eigenvalue weighted by Crippen LogP contribution is -2.51. The van der Waals surface area contributed by atoms with Crippen LogP contribution in [-0.2, 0) is 9.53 Å². The molecule has 2 amide bonds. The van der Waals surface area contributed by atoms with E-state index in [1.54, 1.807) is 32.8 Å². The number of rotatable bonds is 4. The Labute approximate surface area is 171 Å². The minimum Gasteiger partial charge on any atom is -0.496 e. The number of ether oxygens (including phenoxy) is 2. The first kappa shape index (κ1) is 20.8. The molecule has 1 aliphatic heterocycles. The first-order valence-corrected chi connectivity index (χ1v) is 9.83. The van der Waals surface area contributed by atoms with Gasteiger partial charge < -0.3 is 24.6 Å². The summed E-state index contributed by atoms with van der Waals surface area (Å²) < 4.78 is 10.6. The molecule has 7 heteroatoms. The van der Waals surface area contributed by atoms with Crippen LogP contribution in [0.5, 0.6) is 5.75 Å². The Morgan fingerprint density at radius 1 is 1.07 bits per heavy atom. The maximum atomic E-state index is 12.4. The van der Waals surface area contributed by atoms with Gasteiger partial charge in [-0.3, -0.25) is 4.79 Å². The normalized spacial score (nSPS) is 14.6. The van der Waals surface area contributed by atoms with Crippen molar-refractivity contribution in [3.63, 3.8) is 0 Å². The molecule has 0 saturated carbocycles. The van der Waals surface area contributed by atoms with E-state index in [0.717, 1.165) is 35.3 Å². The molecule has 0 spiro atoms. The molecule has 0 unspecified atom stereocenters. The van der Waals surface area contributed by atoms with Gasteiger partial charge in [0.1, 0.15) is 17.9 Å². The Balaban J connectivity index is 1.56. The predicted molar refractivity (Wildman–Crippen MR) is 114 cm³/mol. The van der Waals surface area contributed by atoms with Crippen LogP contribution >= 0.6 is 0 Å². The molecule has 1 saturated heterocycles. The van der Waals surface area contributed by atoms with Crippen molar-refractivity contribution in [2.45, 2.75) is 26.4 Å². The van der Waals surface area contributed by atoms with E-state index >= 15 is 0 Å². The van der Waals surface area contributed by atoms with Crippen LogP contribution in [0.4, 0.5) is 10.5 Å². The Morgan fingerprint density at radius 3 is 2.45 bits per heavy atom. The fourth-order valence-electron chi connectivity index (χ4n) is 3.39. The highest BCUT2D eigenvalue weighted by Crippen LogP contribution is 2.30. The molecule has 2 aromatic rings. The zero-order valence-corrected chi connectivity index (χ0v) is 17.5. The third-order valence-electron chi connectivity index (χ3n) is 4.83. The average Bonchev–Trinajstić information content (AvgIpc) is 2.70. The summed E-state index contributed by atoms with van der Waals surface area (Å²) in [7, 11) is 1.68. The number of methoxy groups -OCH3 is 1. The average molecular weight is 399 g/mol. The van der Waals surface area contributed by atoms with Gasteiger partial charge >= 0.3 is 6.09 Å². The monoisotopic (exact) mass is 399 g/mol. The van der Waals surface area contributed by atoms with Crippen LogP contribution in [0.25, 0.3) is 10.8 Å². The number of amides is 2. The van der Waals surface area contributed by atoms with E-state index in [-0.39, 0.29) is 12.5 Å². The second-order valence-electron chi connectivity index (χ2n) is 8.09. The Morgan fingerprint density at radius 2 is 1.79 bits per heavy atom. The lowest BCUT2D eigenvalue weighted by Gasteiger charge is -2.36. The van der Waals surface area contributed by atoms with Crippen molar-refractivity contribution < 1.29 is 19.1 Å². The molecule has 2 aromatic carbocycles. The number of hydrogen-bond donors (Lipinski definition) is 1. The molecule has 0 bridgehead atoms. The van der Waals surface area contributed by atoms with Gasteiger partial charge in [-0.05, 0) is 44.4 Å². The van der Waals surface area contributed by atoms with E-state index in [0.29, 0.717) is 13.1 Å². The summed E-state index contributed by atoms with van der Waals surface area (Å²) in [5, 5.41) is 4.74. The summed E-state index contributed by atoms with van der Waals surface area (Å²) in [6, 6.07) is 12.3. The third kappa shape index (κ3) is 5.31. The molecular weight excluding hydrogens is 370 g/mol. The fraction of sp³-hybridized carbons (Fsp3) is 0.455.